The highest BCUT2D eigenvalue weighted by atomic mass is 32.2. The summed E-state index contributed by atoms with van der Waals surface area (Å²) >= 11 is 0. The average Bonchev–Trinajstić information content (AvgIpc) is 2.66. The van der Waals surface area contributed by atoms with Crippen molar-refractivity contribution in [3.63, 3.8) is 0 Å². The minimum Gasteiger partial charge on any atom is -0.484 e. The number of ether oxygens (including phenoxy) is 3. The molecule has 8 nitrogen and oxygen atoms in total. The summed E-state index contributed by atoms with van der Waals surface area (Å²) in [5.41, 5.74) is 0. The standard InChI is InChI=1S/C18H26N2O6S/c1-14-11-19(12-15(2)26-14)18(21)13-25-16-3-5-17(6-4-16)27(22,23)20-7-9-24-10-8-20/h3-6,14-15H,7-13H2,1-2H3/t14-,15-/m1/s1. The highest BCUT2D eigenvalue weighted by Gasteiger charge is 2.27. The molecule has 0 saturated carbocycles. The number of rotatable bonds is 5. The van der Waals surface area contributed by atoms with Gasteiger partial charge in [0, 0.05) is 26.2 Å². The Morgan fingerprint density at radius 1 is 1.11 bits per heavy atom. The third kappa shape index (κ3) is 4.98. The van der Waals surface area contributed by atoms with E-state index in [4.69, 9.17) is 14.2 Å². The van der Waals surface area contributed by atoms with E-state index in [2.05, 4.69) is 0 Å². The van der Waals surface area contributed by atoms with Gasteiger partial charge in [-0.3, -0.25) is 4.79 Å². The number of morpholine rings is 2. The molecular formula is C18H26N2O6S. The molecule has 2 atom stereocenters. The molecule has 0 spiro atoms. The first-order chi connectivity index (χ1) is 12.9. The molecule has 1 amide bonds. The molecule has 2 saturated heterocycles. The number of carbonyl (C=O) groups is 1. The Morgan fingerprint density at radius 3 is 2.30 bits per heavy atom. The Bertz CT molecular complexity index is 736. The molecule has 9 heteroatoms. The van der Waals surface area contributed by atoms with Crippen molar-refractivity contribution in [2.75, 3.05) is 46.0 Å². The van der Waals surface area contributed by atoms with E-state index in [0.29, 0.717) is 45.1 Å². The Hall–Kier alpha value is -1.68. The van der Waals surface area contributed by atoms with Gasteiger partial charge in [-0.1, -0.05) is 0 Å². The van der Waals surface area contributed by atoms with Crippen LogP contribution in [0.1, 0.15) is 13.8 Å². The van der Waals surface area contributed by atoms with E-state index in [9.17, 15) is 13.2 Å². The number of benzene rings is 1. The fourth-order valence-corrected chi connectivity index (χ4v) is 4.67. The van der Waals surface area contributed by atoms with Crippen molar-refractivity contribution in [3.05, 3.63) is 24.3 Å². The van der Waals surface area contributed by atoms with Gasteiger partial charge in [0.1, 0.15) is 5.75 Å². The zero-order chi connectivity index (χ0) is 19.4. The molecule has 0 aliphatic carbocycles. The number of carbonyl (C=O) groups excluding carboxylic acids is 1. The Labute approximate surface area is 160 Å². The summed E-state index contributed by atoms with van der Waals surface area (Å²) in [4.78, 5) is 14.3. The summed E-state index contributed by atoms with van der Waals surface area (Å²) in [5, 5.41) is 0. The fraction of sp³-hybridized carbons (Fsp3) is 0.611. The third-order valence-corrected chi connectivity index (χ3v) is 6.48. The number of hydrogen-bond donors (Lipinski definition) is 0. The van der Waals surface area contributed by atoms with Crippen LogP contribution < -0.4 is 4.74 Å². The molecule has 150 valence electrons. The summed E-state index contributed by atoms with van der Waals surface area (Å²) in [5.74, 6) is 0.348. The third-order valence-electron chi connectivity index (χ3n) is 4.57. The van der Waals surface area contributed by atoms with Crippen LogP contribution >= 0.6 is 0 Å². The molecular weight excluding hydrogens is 372 g/mol. The van der Waals surface area contributed by atoms with Gasteiger partial charge in [0.15, 0.2) is 6.61 Å². The summed E-state index contributed by atoms with van der Waals surface area (Å²) in [6, 6.07) is 6.16. The van der Waals surface area contributed by atoms with Crippen molar-refractivity contribution in [1.29, 1.82) is 0 Å². The Morgan fingerprint density at radius 2 is 1.70 bits per heavy atom. The predicted molar refractivity (Wildman–Crippen MR) is 98.1 cm³/mol. The second kappa shape index (κ2) is 8.55. The minimum absolute atomic E-state index is 0.00220. The van der Waals surface area contributed by atoms with E-state index in [1.165, 1.54) is 16.4 Å². The molecule has 0 radical (unpaired) electrons. The zero-order valence-corrected chi connectivity index (χ0v) is 16.5. The molecule has 0 bridgehead atoms. The van der Waals surface area contributed by atoms with E-state index in [-0.39, 0.29) is 29.6 Å². The summed E-state index contributed by atoms with van der Waals surface area (Å²) in [6.45, 7) is 6.38. The summed E-state index contributed by atoms with van der Waals surface area (Å²) in [7, 11) is -3.53. The van der Waals surface area contributed by atoms with E-state index >= 15 is 0 Å². The maximum atomic E-state index is 12.6. The topological polar surface area (TPSA) is 85.4 Å². The van der Waals surface area contributed by atoms with E-state index in [0.717, 1.165) is 0 Å². The smallest absolute Gasteiger partial charge is 0.260 e. The Balaban J connectivity index is 1.57. The van der Waals surface area contributed by atoms with Crippen LogP contribution in [0.15, 0.2) is 29.2 Å². The van der Waals surface area contributed by atoms with Crippen LogP contribution in [-0.2, 0) is 24.3 Å². The number of nitrogens with zero attached hydrogens (tertiary/aromatic N) is 2. The van der Waals surface area contributed by atoms with E-state index in [1.807, 2.05) is 13.8 Å². The largest absolute Gasteiger partial charge is 0.484 e. The van der Waals surface area contributed by atoms with Crippen molar-refractivity contribution < 1.29 is 27.4 Å². The second-order valence-corrected chi connectivity index (χ2v) is 8.77. The molecule has 2 heterocycles. The van der Waals surface area contributed by atoms with Gasteiger partial charge < -0.3 is 19.1 Å². The lowest BCUT2D eigenvalue weighted by Crippen LogP contribution is -2.49. The molecule has 27 heavy (non-hydrogen) atoms. The van der Waals surface area contributed by atoms with Gasteiger partial charge >= 0.3 is 0 Å². The first-order valence-electron chi connectivity index (χ1n) is 9.10. The second-order valence-electron chi connectivity index (χ2n) is 6.83. The lowest BCUT2D eigenvalue weighted by atomic mass is 10.2. The molecule has 1 aromatic carbocycles. The van der Waals surface area contributed by atoms with Crippen molar-refractivity contribution in [2.45, 2.75) is 31.0 Å². The molecule has 0 aromatic heterocycles. The number of amides is 1. The fourth-order valence-electron chi connectivity index (χ4n) is 3.26. The van der Waals surface area contributed by atoms with Crippen LogP contribution in [0.5, 0.6) is 5.75 Å². The van der Waals surface area contributed by atoms with Gasteiger partial charge in [-0.15, -0.1) is 0 Å². The molecule has 0 N–H and O–H groups in total. The lowest BCUT2D eigenvalue weighted by Gasteiger charge is -2.35. The summed E-state index contributed by atoms with van der Waals surface area (Å²) < 4.78 is 43.0. The van der Waals surface area contributed by atoms with Crippen LogP contribution in [0.4, 0.5) is 0 Å². The molecule has 2 aliphatic heterocycles. The van der Waals surface area contributed by atoms with Gasteiger partial charge in [0.25, 0.3) is 5.91 Å². The monoisotopic (exact) mass is 398 g/mol. The van der Waals surface area contributed by atoms with Gasteiger partial charge in [0.2, 0.25) is 10.0 Å². The highest BCUT2D eigenvalue weighted by molar-refractivity contribution is 7.89. The average molecular weight is 398 g/mol. The van der Waals surface area contributed by atoms with Crippen molar-refractivity contribution in [2.24, 2.45) is 0 Å². The van der Waals surface area contributed by atoms with Crippen molar-refractivity contribution in [1.82, 2.24) is 9.21 Å². The van der Waals surface area contributed by atoms with Gasteiger partial charge in [0.05, 0.1) is 30.3 Å². The van der Waals surface area contributed by atoms with Crippen molar-refractivity contribution >= 4 is 15.9 Å². The normalized spacial score (nSPS) is 24.6. The SMILES string of the molecule is C[C@@H]1CN(C(=O)COc2ccc(S(=O)(=O)N3CCOCC3)cc2)C[C@@H](C)O1. The van der Waals surface area contributed by atoms with Crippen molar-refractivity contribution in [3.8, 4) is 5.75 Å². The van der Waals surface area contributed by atoms with Crippen LogP contribution in [0.2, 0.25) is 0 Å². The van der Waals surface area contributed by atoms with E-state index in [1.54, 1.807) is 17.0 Å². The molecule has 2 fully saturated rings. The minimum atomic E-state index is -3.53. The van der Waals surface area contributed by atoms with Crippen LogP contribution in [-0.4, -0.2) is 81.7 Å². The van der Waals surface area contributed by atoms with Gasteiger partial charge in [-0.25, -0.2) is 8.42 Å². The van der Waals surface area contributed by atoms with Crippen LogP contribution in [0.25, 0.3) is 0 Å². The first kappa shape index (κ1) is 20.1. The van der Waals surface area contributed by atoms with Crippen LogP contribution in [0.3, 0.4) is 0 Å². The molecule has 1 aromatic rings. The molecule has 3 rings (SSSR count). The lowest BCUT2D eigenvalue weighted by molar-refractivity contribution is -0.145. The molecule has 0 unspecified atom stereocenters. The summed E-state index contributed by atoms with van der Waals surface area (Å²) in [6.07, 6.45) is 0.00440. The maximum absolute atomic E-state index is 12.6. The zero-order valence-electron chi connectivity index (χ0n) is 15.7. The number of hydrogen-bond acceptors (Lipinski definition) is 6. The maximum Gasteiger partial charge on any atom is 0.260 e. The Kier molecular flexibility index (Phi) is 6.36. The highest BCUT2D eigenvalue weighted by Crippen LogP contribution is 2.20. The number of sulfonamides is 1. The van der Waals surface area contributed by atoms with E-state index < -0.39 is 10.0 Å². The molecule has 2 aliphatic rings. The van der Waals surface area contributed by atoms with Gasteiger partial charge in [-0.05, 0) is 38.1 Å². The predicted octanol–water partition coefficient (Wildman–Crippen LogP) is 0.722. The van der Waals surface area contributed by atoms with Crippen LogP contribution in [0, 0.1) is 0 Å². The van der Waals surface area contributed by atoms with Gasteiger partial charge in [-0.2, -0.15) is 4.31 Å². The quantitative estimate of drug-likeness (QED) is 0.727. The first-order valence-corrected chi connectivity index (χ1v) is 10.5.